The lowest BCUT2D eigenvalue weighted by Crippen LogP contribution is -2.38. The number of ether oxygens (including phenoxy) is 3. The Hall–Kier alpha value is -1.85. The lowest BCUT2D eigenvalue weighted by atomic mass is 9.82. The van der Waals surface area contributed by atoms with E-state index in [1.54, 1.807) is 12.1 Å². The van der Waals surface area contributed by atoms with Crippen LogP contribution in [-0.4, -0.2) is 25.8 Å². The van der Waals surface area contributed by atoms with Crippen LogP contribution in [0.25, 0.3) is 0 Å². The zero-order valence-corrected chi connectivity index (χ0v) is 14.3. The van der Waals surface area contributed by atoms with E-state index in [0.717, 1.165) is 18.4 Å². The van der Waals surface area contributed by atoms with Gasteiger partial charge in [-0.3, -0.25) is 4.79 Å². The van der Waals surface area contributed by atoms with Gasteiger partial charge in [-0.05, 0) is 49.3 Å². The number of esters is 1. The van der Waals surface area contributed by atoms with Crippen molar-refractivity contribution in [2.75, 3.05) is 7.11 Å². The zero-order chi connectivity index (χ0) is 17.7. The SMILES string of the molecule is CC.COC(=O)C1CC(Oc2cc(C3CC3)ccc2OC(F)F)C1. The Balaban J connectivity index is 0.00000100. The fraction of sp³-hybridized carbons (Fsp3) is 0.611. The second-order valence-electron chi connectivity index (χ2n) is 5.79. The maximum Gasteiger partial charge on any atom is 0.387 e. The topological polar surface area (TPSA) is 44.8 Å². The summed E-state index contributed by atoms with van der Waals surface area (Å²) in [4.78, 5) is 11.4. The minimum Gasteiger partial charge on any atom is -0.486 e. The molecule has 24 heavy (non-hydrogen) atoms. The number of carbonyl (C=O) groups excluding carboxylic acids is 1. The molecule has 0 saturated heterocycles. The molecule has 1 aromatic rings. The molecule has 0 amide bonds. The van der Waals surface area contributed by atoms with Gasteiger partial charge in [0.1, 0.15) is 6.10 Å². The summed E-state index contributed by atoms with van der Waals surface area (Å²) in [5.41, 5.74) is 1.08. The van der Waals surface area contributed by atoms with Gasteiger partial charge in [0.15, 0.2) is 11.5 Å². The van der Waals surface area contributed by atoms with Gasteiger partial charge in [-0.2, -0.15) is 8.78 Å². The molecule has 134 valence electrons. The van der Waals surface area contributed by atoms with Crippen LogP contribution >= 0.6 is 0 Å². The van der Waals surface area contributed by atoms with Crippen LogP contribution in [0.4, 0.5) is 8.78 Å². The Morgan fingerprint density at radius 3 is 2.38 bits per heavy atom. The zero-order valence-electron chi connectivity index (χ0n) is 14.3. The van der Waals surface area contributed by atoms with E-state index in [2.05, 4.69) is 9.47 Å². The van der Waals surface area contributed by atoms with Crippen molar-refractivity contribution in [1.29, 1.82) is 0 Å². The molecule has 0 atom stereocenters. The summed E-state index contributed by atoms with van der Waals surface area (Å²) in [5, 5.41) is 0. The van der Waals surface area contributed by atoms with E-state index >= 15 is 0 Å². The molecule has 0 spiro atoms. The summed E-state index contributed by atoms with van der Waals surface area (Å²) in [6, 6.07) is 5.12. The lowest BCUT2D eigenvalue weighted by molar-refractivity contribution is -0.151. The van der Waals surface area contributed by atoms with E-state index < -0.39 is 6.61 Å². The molecule has 0 aromatic heterocycles. The molecule has 1 aromatic carbocycles. The fourth-order valence-corrected chi connectivity index (χ4v) is 2.68. The lowest BCUT2D eigenvalue weighted by Gasteiger charge is -2.33. The van der Waals surface area contributed by atoms with Crippen LogP contribution in [0.1, 0.15) is 51.0 Å². The highest BCUT2D eigenvalue weighted by Gasteiger charge is 2.37. The largest absolute Gasteiger partial charge is 0.486 e. The molecule has 0 aliphatic heterocycles. The van der Waals surface area contributed by atoms with Crippen molar-refractivity contribution >= 4 is 5.97 Å². The predicted octanol–water partition coefficient (Wildman–Crippen LogP) is 4.52. The van der Waals surface area contributed by atoms with Crippen LogP contribution in [0.5, 0.6) is 11.5 Å². The molecule has 3 rings (SSSR count). The van der Waals surface area contributed by atoms with Crippen molar-refractivity contribution in [2.45, 2.75) is 58.2 Å². The summed E-state index contributed by atoms with van der Waals surface area (Å²) in [6.45, 7) is 1.11. The van der Waals surface area contributed by atoms with Crippen LogP contribution in [0.2, 0.25) is 0 Å². The fourth-order valence-electron chi connectivity index (χ4n) is 2.68. The molecule has 0 radical (unpaired) electrons. The number of rotatable bonds is 6. The maximum absolute atomic E-state index is 12.5. The second kappa shape index (κ2) is 8.31. The Morgan fingerprint density at radius 2 is 1.83 bits per heavy atom. The third-order valence-corrected chi connectivity index (χ3v) is 4.16. The van der Waals surface area contributed by atoms with Crippen molar-refractivity contribution in [3.05, 3.63) is 23.8 Å². The van der Waals surface area contributed by atoms with Gasteiger partial charge in [0.2, 0.25) is 0 Å². The molecule has 0 heterocycles. The Labute approximate surface area is 141 Å². The monoisotopic (exact) mass is 342 g/mol. The molecule has 6 heteroatoms. The van der Waals surface area contributed by atoms with E-state index in [-0.39, 0.29) is 23.7 Å². The number of hydrogen-bond donors (Lipinski definition) is 0. The molecule has 2 aliphatic rings. The van der Waals surface area contributed by atoms with Gasteiger partial charge in [0.25, 0.3) is 0 Å². The van der Waals surface area contributed by atoms with Gasteiger partial charge in [-0.15, -0.1) is 0 Å². The van der Waals surface area contributed by atoms with Crippen LogP contribution in [0, 0.1) is 5.92 Å². The van der Waals surface area contributed by atoms with E-state index in [0.29, 0.717) is 24.5 Å². The number of methoxy groups -OCH3 is 1. The van der Waals surface area contributed by atoms with Gasteiger partial charge in [-0.1, -0.05) is 19.9 Å². The smallest absolute Gasteiger partial charge is 0.387 e. The highest BCUT2D eigenvalue weighted by atomic mass is 19.3. The maximum atomic E-state index is 12.5. The molecular weight excluding hydrogens is 318 g/mol. The molecule has 0 bridgehead atoms. The number of benzene rings is 1. The van der Waals surface area contributed by atoms with Crippen molar-refractivity contribution in [3.63, 3.8) is 0 Å². The highest BCUT2D eigenvalue weighted by Crippen LogP contribution is 2.44. The summed E-state index contributed by atoms with van der Waals surface area (Å²) in [6.07, 6.45) is 3.13. The normalized spacial score (nSPS) is 22.1. The number of halogens is 2. The Morgan fingerprint density at radius 1 is 1.17 bits per heavy atom. The number of hydrogen-bond acceptors (Lipinski definition) is 4. The molecule has 0 unspecified atom stereocenters. The van der Waals surface area contributed by atoms with Crippen molar-refractivity contribution in [1.82, 2.24) is 0 Å². The molecule has 2 aliphatic carbocycles. The number of carbonyl (C=O) groups is 1. The van der Waals surface area contributed by atoms with Crippen molar-refractivity contribution < 1.29 is 27.8 Å². The first-order valence-corrected chi connectivity index (χ1v) is 8.40. The second-order valence-corrected chi connectivity index (χ2v) is 5.79. The van der Waals surface area contributed by atoms with Gasteiger partial charge in [0.05, 0.1) is 13.0 Å². The Bertz CT molecular complexity index is 552. The summed E-state index contributed by atoms with van der Waals surface area (Å²) in [5.74, 6) is 0.447. The van der Waals surface area contributed by atoms with Crippen LogP contribution in [0.15, 0.2) is 18.2 Å². The van der Waals surface area contributed by atoms with E-state index in [9.17, 15) is 13.6 Å². The summed E-state index contributed by atoms with van der Waals surface area (Å²) in [7, 11) is 1.35. The molecule has 2 fully saturated rings. The third kappa shape index (κ3) is 4.58. The quantitative estimate of drug-likeness (QED) is 0.713. The van der Waals surface area contributed by atoms with Gasteiger partial charge >= 0.3 is 12.6 Å². The van der Waals surface area contributed by atoms with Gasteiger partial charge < -0.3 is 14.2 Å². The molecule has 4 nitrogen and oxygen atoms in total. The first-order chi connectivity index (χ1) is 11.6. The standard InChI is InChI=1S/C16H18F2O4.C2H6/c1-20-15(19)11-6-12(7-11)21-14-8-10(9-2-3-9)4-5-13(14)22-16(17)18;1-2/h4-5,8-9,11-12,16H,2-3,6-7H2,1H3;1-2H3. The summed E-state index contributed by atoms with van der Waals surface area (Å²) >= 11 is 0. The predicted molar refractivity (Wildman–Crippen MR) is 85.6 cm³/mol. The van der Waals surface area contributed by atoms with E-state index in [4.69, 9.17) is 4.74 Å². The van der Waals surface area contributed by atoms with Crippen LogP contribution < -0.4 is 9.47 Å². The van der Waals surface area contributed by atoms with E-state index in [1.165, 1.54) is 13.2 Å². The average molecular weight is 342 g/mol. The molecule has 0 N–H and O–H groups in total. The van der Waals surface area contributed by atoms with Crippen LogP contribution in [-0.2, 0) is 9.53 Å². The minimum absolute atomic E-state index is 0.0425. The Kier molecular flexibility index (Phi) is 6.40. The van der Waals surface area contributed by atoms with Crippen LogP contribution in [0.3, 0.4) is 0 Å². The average Bonchev–Trinajstić information content (AvgIpc) is 3.37. The highest BCUT2D eigenvalue weighted by molar-refractivity contribution is 5.73. The molecule has 2 saturated carbocycles. The first-order valence-electron chi connectivity index (χ1n) is 8.40. The van der Waals surface area contributed by atoms with Gasteiger partial charge in [0, 0.05) is 0 Å². The van der Waals surface area contributed by atoms with Gasteiger partial charge in [-0.25, -0.2) is 0 Å². The summed E-state index contributed by atoms with van der Waals surface area (Å²) < 4.78 is 39.9. The van der Waals surface area contributed by atoms with E-state index in [1.807, 2.05) is 13.8 Å². The van der Waals surface area contributed by atoms with Crippen molar-refractivity contribution in [3.8, 4) is 11.5 Å². The minimum atomic E-state index is -2.89. The first kappa shape index (κ1) is 18.5. The van der Waals surface area contributed by atoms with Crippen molar-refractivity contribution in [2.24, 2.45) is 5.92 Å². The molecular formula is C18H24F2O4. The third-order valence-electron chi connectivity index (χ3n) is 4.16. The number of alkyl halides is 2.